The predicted octanol–water partition coefficient (Wildman–Crippen LogP) is 1.54. The van der Waals surface area contributed by atoms with E-state index < -0.39 is 0 Å². The van der Waals surface area contributed by atoms with Gasteiger partial charge in [-0.3, -0.25) is 0 Å². The predicted molar refractivity (Wildman–Crippen MR) is 61.8 cm³/mol. The van der Waals surface area contributed by atoms with Gasteiger partial charge in [-0.1, -0.05) is 17.8 Å². The molecular weight excluding hydrogens is 216 g/mol. The molecule has 2 rings (SSSR count). The van der Waals surface area contributed by atoms with Crippen molar-refractivity contribution >= 4 is 36.3 Å². The van der Waals surface area contributed by atoms with Gasteiger partial charge >= 0.3 is 0 Å². The van der Waals surface area contributed by atoms with Crippen molar-refractivity contribution < 1.29 is 0 Å². The molecule has 0 atom stereocenters. The van der Waals surface area contributed by atoms with Crippen LogP contribution in [0.1, 0.15) is 0 Å². The minimum Gasteiger partial charge on any atom is -0.343 e. The van der Waals surface area contributed by atoms with Crippen LogP contribution in [0.4, 0.5) is 0 Å². The summed E-state index contributed by atoms with van der Waals surface area (Å²) in [7, 11) is 0. The lowest BCUT2D eigenvalue weighted by molar-refractivity contribution is 0.944. The second kappa shape index (κ2) is 5.02. The first kappa shape index (κ1) is 11.1. The molecule has 0 amide bonds. The molecule has 4 nitrogen and oxygen atoms in total. The number of thioether (sulfide) groups is 1. The van der Waals surface area contributed by atoms with Crippen LogP contribution in [0.2, 0.25) is 0 Å². The van der Waals surface area contributed by atoms with Crippen molar-refractivity contribution in [1.82, 2.24) is 20.2 Å². The Labute approximate surface area is 92.7 Å². The maximum atomic E-state index is 4.13. The molecular formula is C8H9N4S2. The van der Waals surface area contributed by atoms with Crippen LogP contribution in [-0.2, 0) is 0 Å². The van der Waals surface area contributed by atoms with E-state index in [1.165, 1.54) is 0 Å². The van der Waals surface area contributed by atoms with Crippen molar-refractivity contribution in [2.24, 2.45) is 0 Å². The fourth-order valence-electron chi connectivity index (χ4n) is 0.945. The fraction of sp³-hybridized carbons (Fsp3) is 0.125. The van der Waals surface area contributed by atoms with Gasteiger partial charge in [0.15, 0.2) is 0 Å². The van der Waals surface area contributed by atoms with E-state index in [0.29, 0.717) is 0 Å². The van der Waals surface area contributed by atoms with Gasteiger partial charge in [0.1, 0.15) is 16.7 Å². The topological polar surface area (TPSA) is 54.5 Å². The van der Waals surface area contributed by atoms with Crippen LogP contribution in [0.3, 0.4) is 0 Å². The number of rotatable bonds is 3. The number of nitrogens with one attached hydrogen (secondary N) is 1. The van der Waals surface area contributed by atoms with Gasteiger partial charge in [0, 0.05) is 5.75 Å². The number of hydrogen-bond acceptors (Lipinski definition) is 4. The van der Waals surface area contributed by atoms with E-state index in [1.54, 1.807) is 18.1 Å². The number of aromatic amines is 1. The largest absolute Gasteiger partial charge is 0.343 e. The zero-order valence-corrected chi connectivity index (χ0v) is 9.14. The maximum absolute atomic E-state index is 4.13. The third-order valence-corrected chi connectivity index (χ3v) is 2.43. The second-order valence-corrected chi connectivity index (χ2v) is 3.35. The lowest BCUT2D eigenvalue weighted by Gasteiger charge is -1.95. The zero-order chi connectivity index (χ0) is 9.10. The second-order valence-electron chi connectivity index (χ2n) is 2.34. The number of H-pyrrole nitrogens is 1. The molecule has 0 aliphatic heterocycles. The third-order valence-electron chi connectivity index (χ3n) is 1.48. The van der Waals surface area contributed by atoms with E-state index in [2.05, 4.69) is 32.9 Å². The van der Waals surface area contributed by atoms with Crippen LogP contribution in [0, 0.1) is 6.20 Å². The summed E-state index contributed by atoms with van der Waals surface area (Å²) in [6.45, 7) is 3.64. The van der Waals surface area contributed by atoms with Gasteiger partial charge < -0.3 is 4.98 Å². The van der Waals surface area contributed by atoms with Crippen molar-refractivity contribution in [3.63, 3.8) is 0 Å². The van der Waals surface area contributed by atoms with Crippen LogP contribution >= 0.6 is 25.3 Å². The van der Waals surface area contributed by atoms with Crippen molar-refractivity contribution in [3.05, 3.63) is 25.2 Å². The van der Waals surface area contributed by atoms with Gasteiger partial charge in [0.25, 0.3) is 0 Å². The Morgan fingerprint density at radius 2 is 2.50 bits per heavy atom. The highest BCUT2D eigenvalue weighted by atomic mass is 32.2. The normalized spacial score (nSPS) is 9.71. The van der Waals surface area contributed by atoms with Gasteiger partial charge in [-0.2, -0.15) is 13.5 Å². The van der Waals surface area contributed by atoms with Gasteiger partial charge in [-0.25, -0.2) is 4.98 Å². The Bertz CT molecular complexity index is 426. The number of aromatic nitrogens is 4. The Hall–Kier alpha value is -1.01. The monoisotopic (exact) mass is 225 g/mol. The fourth-order valence-corrected chi connectivity index (χ4v) is 1.61. The summed E-state index contributed by atoms with van der Waals surface area (Å²) in [4.78, 5) is 7.06. The molecule has 2 aromatic rings. The summed E-state index contributed by atoms with van der Waals surface area (Å²) in [5.74, 6) is 0.806. The minimum absolute atomic E-state index is 0. The minimum atomic E-state index is 0. The van der Waals surface area contributed by atoms with Gasteiger partial charge in [0.2, 0.25) is 0 Å². The van der Waals surface area contributed by atoms with Crippen LogP contribution in [0.5, 0.6) is 0 Å². The molecule has 0 aliphatic carbocycles. The molecule has 0 bridgehead atoms. The van der Waals surface area contributed by atoms with E-state index in [9.17, 15) is 0 Å². The molecule has 0 spiro atoms. The lowest BCUT2D eigenvalue weighted by atomic mass is 10.5. The quantitative estimate of drug-likeness (QED) is 0.636. The Balaban J connectivity index is 0.000000980. The first-order valence-corrected chi connectivity index (χ1v) is 4.71. The number of imidazole rings is 1. The van der Waals surface area contributed by atoms with Crippen LogP contribution in [0.15, 0.2) is 24.0 Å². The molecule has 0 unspecified atom stereocenters. The average molecular weight is 225 g/mol. The molecule has 0 saturated carbocycles. The number of nitrogens with zero attached hydrogens (tertiary/aromatic N) is 3. The van der Waals surface area contributed by atoms with E-state index in [-0.39, 0.29) is 13.5 Å². The van der Waals surface area contributed by atoms with E-state index in [4.69, 9.17) is 0 Å². The molecule has 73 valence electrons. The Kier molecular flexibility index (Phi) is 3.97. The molecule has 2 aromatic heterocycles. The average Bonchev–Trinajstić information content (AvgIpc) is 2.62. The first-order valence-electron chi connectivity index (χ1n) is 3.73. The molecule has 14 heavy (non-hydrogen) atoms. The zero-order valence-electron chi connectivity index (χ0n) is 7.32. The van der Waals surface area contributed by atoms with Crippen LogP contribution < -0.4 is 0 Å². The van der Waals surface area contributed by atoms with Gasteiger partial charge in [-0.05, 0) is 0 Å². The van der Waals surface area contributed by atoms with Gasteiger partial charge in [-0.15, -0.1) is 16.8 Å². The van der Waals surface area contributed by atoms with Gasteiger partial charge in [0.05, 0.1) is 11.8 Å². The highest BCUT2D eigenvalue weighted by molar-refractivity contribution is 7.99. The van der Waals surface area contributed by atoms with Crippen molar-refractivity contribution in [1.29, 1.82) is 0 Å². The molecule has 2 heterocycles. The summed E-state index contributed by atoms with van der Waals surface area (Å²) in [5.41, 5.74) is 1.61. The molecule has 1 N–H and O–H groups in total. The SMILES string of the molecule is C=CCSc1nn[c]c2[nH]cnc12.S. The Morgan fingerprint density at radius 3 is 3.29 bits per heavy atom. The molecule has 0 saturated heterocycles. The third kappa shape index (κ3) is 2.08. The van der Waals surface area contributed by atoms with E-state index in [0.717, 1.165) is 21.8 Å². The first-order chi connectivity index (χ1) is 6.42. The smallest absolute Gasteiger partial charge is 0.147 e. The van der Waals surface area contributed by atoms with E-state index >= 15 is 0 Å². The lowest BCUT2D eigenvalue weighted by Crippen LogP contribution is -1.87. The molecule has 0 aliphatic rings. The van der Waals surface area contributed by atoms with E-state index in [1.807, 2.05) is 6.08 Å². The standard InChI is InChI=1S/C8H7N4S.H2S/c1-2-3-13-8-7-6(4-11-12-8)9-5-10-7;/h2,5H,1,3H2,(H,9,10);1H2. The number of fused-ring (bicyclic) bond motifs is 1. The molecule has 0 aromatic carbocycles. The summed E-state index contributed by atoms with van der Waals surface area (Å²) < 4.78 is 0. The summed E-state index contributed by atoms with van der Waals surface area (Å²) >= 11 is 1.56. The summed E-state index contributed by atoms with van der Waals surface area (Å²) in [5, 5.41) is 8.50. The molecule has 1 radical (unpaired) electrons. The maximum Gasteiger partial charge on any atom is 0.147 e. The molecule has 6 heteroatoms. The van der Waals surface area contributed by atoms with Crippen molar-refractivity contribution in [2.75, 3.05) is 5.75 Å². The molecule has 0 fully saturated rings. The highest BCUT2D eigenvalue weighted by Gasteiger charge is 2.05. The highest BCUT2D eigenvalue weighted by Crippen LogP contribution is 2.21. The van der Waals surface area contributed by atoms with Crippen LogP contribution in [-0.4, -0.2) is 25.9 Å². The summed E-state index contributed by atoms with van der Waals surface area (Å²) in [6.07, 6.45) is 6.16. The number of hydrogen-bond donors (Lipinski definition) is 1. The van der Waals surface area contributed by atoms with Crippen molar-refractivity contribution in [2.45, 2.75) is 5.03 Å². The Morgan fingerprint density at radius 1 is 1.64 bits per heavy atom. The summed E-state index contributed by atoms with van der Waals surface area (Å²) in [6, 6.07) is 0. The van der Waals surface area contributed by atoms with Crippen molar-refractivity contribution in [3.8, 4) is 0 Å². The van der Waals surface area contributed by atoms with Crippen LogP contribution in [0.25, 0.3) is 11.0 Å².